The maximum absolute atomic E-state index is 5.86. The van der Waals surface area contributed by atoms with Crippen LogP contribution in [0.15, 0.2) is 36.5 Å². The molecule has 0 spiro atoms. The van der Waals surface area contributed by atoms with Gasteiger partial charge in [0.1, 0.15) is 5.75 Å². The Hall–Kier alpha value is -1.09. The van der Waals surface area contributed by atoms with E-state index in [1.807, 2.05) is 24.4 Å². The Morgan fingerprint density at radius 2 is 2.11 bits per heavy atom. The van der Waals surface area contributed by atoms with E-state index < -0.39 is 0 Å². The summed E-state index contributed by atoms with van der Waals surface area (Å²) in [6.45, 7) is 5.18. The molecule has 0 amide bonds. The molecule has 96 valence electrons. The number of ether oxygens (including phenoxy) is 1. The number of hydrogen-bond donors (Lipinski definition) is 0. The SMILES string of the molecule is CC(C)C(CBr)COc1ccc2cccnc2c1. The van der Waals surface area contributed by atoms with Crippen molar-refractivity contribution in [1.29, 1.82) is 0 Å². The van der Waals surface area contributed by atoms with Crippen molar-refractivity contribution in [3.8, 4) is 5.75 Å². The van der Waals surface area contributed by atoms with Crippen LogP contribution in [0.3, 0.4) is 0 Å². The van der Waals surface area contributed by atoms with Crippen LogP contribution in [0.25, 0.3) is 10.9 Å². The van der Waals surface area contributed by atoms with Crippen molar-refractivity contribution in [2.75, 3.05) is 11.9 Å². The van der Waals surface area contributed by atoms with Gasteiger partial charge in [0.15, 0.2) is 0 Å². The Kier molecular flexibility index (Phi) is 4.59. The van der Waals surface area contributed by atoms with Gasteiger partial charge < -0.3 is 4.74 Å². The molecule has 0 aliphatic rings. The largest absolute Gasteiger partial charge is 0.493 e. The van der Waals surface area contributed by atoms with E-state index in [9.17, 15) is 0 Å². The molecule has 2 nitrogen and oxygen atoms in total. The van der Waals surface area contributed by atoms with Crippen LogP contribution in [0.2, 0.25) is 0 Å². The summed E-state index contributed by atoms with van der Waals surface area (Å²) < 4.78 is 5.86. The van der Waals surface area contributed by atoms with Gasteiger partial charge in [-0.3, -0.25) is 4.98 Å². The van der Waals surface area contributed by atoms with E-state index in [0.717, 1.165) is 28.6 Å². The predicted molar refractivity (Wildman–Crippen MR) is 79.4 cm³/mol. The van der Waals surface area contributed by atoms with Gasteiger partial charge in [0.25, 0.3) is 0 Å². The zero-order chi connectivity index (χ0) is 13.0. The van der Waals surface area contributed by atoms with Gasteiger partial charge in [0.2, 0.25) is 0 Å². The number of aromatic nitrogens is 1. The van der Waals surface area contributed by atoms with E-state index >= 15 is 0 Å². The maximum Gasteiger partial charge on any atom is 0.121 e. The van der Waals surface area contributed by atoms with Crippen molar-refractivity contribution in [2.45, 2.75) is 13.8 Å². The third-order valence-electron chi connectivity index (χ3n) is 3.18. The molecule has 1 atom stereocenters. The van der Waals surface area contributed by atoms with Gasteiger partial charge >= 0.3 is 0 Å². The molecule has 0 saturated carbocycles. The minimum Gasteiger partial charge on any atom is -0.493 e. The number of rotatable bonds is 5. The monoisotopic (exact) mass is 307 g/mol. The first-order valence-corrected chi connectivity index (χ1v) is 7.36. The molecule has 0 bridgehead atoms. The average molecular weight is 308 g/mol. The first-order chi connectivity index (χ1) is 8.70. The van der Waals surface area contributed by atoms with Gasteiger partial charge in [-0.05, 0) is 24.1 Å². The van der Waals surface area contributed by atoms with Gasteiger partial charge in [-0.1, -0.05) is 35.8 Å². The molecule has 18 heavy (non-hydrogen) atoms. The summed E-state index contributed by atoms with van der Waals surface area (Å²) in [5, 5.41) is 2.11. The second-order valence-corrected chi connectivity index (χ2v) is 5.47. The summed E-state index contributed by atoms with van der Waals surface area (Å²) >= 11 is 3.54. The van der Waals surface area contributed by atoms with Crippen molar-refractivity contribution in [1.82, 2.24) is 4.98 Å². The summed E-state index contributed by atoms with van der Waals surface area (Å²) in [7, 11) is 0. The van der Waals surface area contributed by atoms with Gasteiger partial charge in [-0.2, -0.15) is 0 Å². The molecule has 0 aliphatic heterocycles. The van der Waals surface area contributed by atoms with E-state index in [4.69, 9.17) is 4.74 Å². The average Bonchev–Trinajstić information content (AvgIpc) is 2.39. The van der Waals surface area contributed by atoms with E-state index in [1.165, 1.54) is 0 Å². The molecule has 2 aromatic rings. The Bertz CT molecular complexity index is 513. The van der Waals surface area contributed by atoms with Gasteiger partial charge in [0, 0.05) is 28.9 Å². The number of halogens is 1. The molecule has 2 rings (SSSR count). The molecule has 1 aromatic carbocycles. The highest BCUT2D eigenvalue weighted by atomic mass is 79.9. The normalized spacial score (nSPS) is 12.9. The minimum absolute atomic E-state index is 0.532. The van der Waals surface area contributed by atoms with E-state index in [0.29, 0.717) is 11.8 Å². The van der Waals surface area contributed by atoms with Gasteiger partial charge in [0.05, 0.1) is 12.1 Å². The first kappa shape index (κ1) is 13.3. The molecule has 0 radical (unpaired) electrons. The summed E-state index contributed by atoms with van der Waals surface area (Å²) in [5.41, 5.74) is 0.981. The Morgan fingerprint density at radius 3 is 2.83 bits per heavy atom. The highest BCUT2D eigenvalue weighted by Gasteiger charge is 2.12. The molecule has 1 heterocycles. The molecule has 0 saturated heterocycles. The molecule has 0 fully saturated rings. The second-order valence-electron chi connectivity index (χ2n) is 4.83. The smallest absolute Gasteiger partial charge is 0.121 e. The number of hydrogen-bond acceptors (Lipinski definition) is 2. The lowest BCUT2D eigenvalue weighted by molar-refractivity contribution is 0.228. The summed E-state index contributed by atoms with van der Waals surface area (Å²) in [5.74, 6) is 2.04. The molecule has 1 aromatic heterocycles. The molecule has 3 heteroatoms. The maximum atomic E-state index is 5.86. The fourth-order valence-corrected chi connectivity index (χ4v) is 2.69. The highest BCUT2D eigenvalue weighted by Crippen LogP contribution is 2.21. The number of pyridine rings is 1. The lowest BCUT2D eigenvalue weighted by atomic mass is 9.99. The fraction of sp³-hybridized carbons (Fsp3) is 0.400. The molecular weight excluding hydrogens is 290 g/mol. The summed E-state index contributed by atoms with van der Waals surface area (Å²) in [4.78, 5) is 4.33. The second kappa shape index (κ2) is 6.19. The van der Waals surface area contributed by atoms with Crippen molar-refractivity contribution in [3.05, 3.63) is 36.5 Å². The van der Waals surface area contributed by atoms with Crippen LogP contribution in [0, 0.1) is 11.8 Å². The third-order valence-corrected chi connectivity index (χ3v) is 4.01. The molecule has 0 N–H and O–H groups in total. The number of fused-ring (bicyclic) bond motifs is 1. The van der Waals surface area contributed by atoms with E-state index in [1.54, 1.807) is 0 Å². The van der Waals surface area contributed by atoms with Crippen LogP contribution in [0.4, 0.5) is 0 Å². The highest BCUT2D eigenvalue weighted by molar-refractivity contribution is 9.09. The number of nitrogens with zero attached hydrogens (tertiary/aromatic N) is 1. The standard InChI is InChI=1S/C15H18BrNO/c1-11(2)13(9-16)10-18-14-6-5-12-4-3-7-17-15(12)8-14/h3-8,11,13H,9-10H2,1-2H3. The van der Waals surface area contributed by atoms with Crippen LogP contribution in [-0.2, 0) is 0 Å². The Labute approximate surface area is 117 Å². The Morgan fingerprint density at radius 1 is 1.28 bits per heavy atom. The quantitative estimate of drug-likeness (QED) is 0.769. The van der Waals surface area contributed by atoms with Crippen molar-refractivity contribution in [2.24, 2.45) is 11.8 Å². The lowest BCUT2D eigenvalue weighted by Gasteiger charge is -2.18. The zero-order valence-corrected chi connectivity index (χ0v) is 12.4. The van der Waals surface area contributed by atoms with Crippen molar-refractivity contribution >= 4 is 26.8 Å². The minimum atomic E-state index is 0.532. The Balaban J connectivity index is 2.07. The van der Waals surface area contributed by atoms with Crippen molar-refractivity contribution in [3.63, 3.8) is 0 Å². The van der Waals surface area contributed by atoms with Crippen LogP contribution in [0.5, 0.6) is 5.75 Å². The third kappa shape index (κ3) is 3.22. The summed E-state index contributed by atoms with van der Waals surface area (Å²) in [6.07, 6.45) is 1.81. The fourth-order valence-electron chi connectivity index (χ4n) is 1.75. The predicted octanol–water partition coefficient (Wildman–Crippen LogP) is 4.28. The van der Waals surface area contributed by atoms with E-state index in [2.05, 4.69) is 46.9 Å². The molecular formula is C15H18BrNO. The molecule has 1 unspecified atom stereocenters. The number of alkyl halides is 1. The first-order valence-electron chi connectivity index (χ1n) is 6.24. The van der Waals surface area contributed by atoms with Gasteiger partial charge in [-0.15, -0.1) is 0 Å². The number of benzene rings is 1. The van der Waals surface area contributed by atoms with E-state index in [-0.39, 0.29) is 0 Å². The van der Waals surface area contributed by atoms with Crippen LogP contribution >= 0.6 is 15.9 Å². The van der Waals surface area contributed by atoms with Crippen molar-refractivity contribution < 1.29 is 4.74 Å². The summed E-state index contributed by atoms with van der Waals surface area (Å²) in [6, 6.07) is 10.1. The topological polar surface area (TPSA) is 22.1 Å². The van der Waals surface area contributed by atoms with Crippen LogP contribution < -0.4 is 4.74 Å². The lowest BCUT2D eigenvalue weighted by Crippen LogP contribution is -2.19. The van der Waals surface area contributed by atoms with Crippen LogP contribution in [-0.4, -0.2) is 16.9 Å². The molecule has 0 aliphatic carbocycles. The zero-order valence-electron chi connectivity index (χ0n) is 10.8. The van der Waals surface area contributed by atoms with Gasteiger partial charge in [-0.25, -0.2) is 0 Å². The van der Waals surface area contributed by atoms with Crippen LogP contribution in [0.1, 0.15) is 13.8 Å².